The van der Waals surface area contributed by atoms with Gasteiger partial charge in [0, 0.05) is 23.1 Å². The van der Waals surface area contributed by atoms with Gasteiger partial charge in [0.15, 0.2) is 0 Å². The fourth-order valence-electron chi connectivity index (χ4n) is 2.72. The Kier molecular flexibility index (Phi) is 5.96. The highest BCUT2D eigenvalue weighted by Crippen LogP contribution is 2.28. The number of anilines is 1. The molecule has 0 heterocycles. The van der Waals surface area contributed by atoms with Crippen LogP contribution in [-0.4, -0.2) is 16.9 Å². The largest absolute Gasteiger partial charge is 0.326 e. The molecule has 1 aromatic carbocycles. The summed E-state index contributed by atoms with van der Waals surface area (Å²) in [5.74, 6) is 1.08. The molecule has 1 amide bonds. The van der Waals surface area contributed by atoms with Crippen molar-refractivity contribution in [2.24, 2.45) is 0 Å². The number of thioether (sulfide) groups is 1. The van der Waals surface area contributed by atoms with Gasteiger partial charge in [-0.15, -0.1) is 0 Å². The van der Waals surface area contributed by atoms with Crippen molar-refractivity contribution < 1.29 is 4.79 Å². The molecule has 0 saturated heterocycles. The van der Waals surface area contributed by atoms with Crippen LogP contribution in [0.1, 0.15) is 49.7 Å². The van der Waals surface area contributed by atoms with Crippen molar-refractivity contribution in [1.82, 2.24) is 0 Å². The topological polar surface area (TPSA) is 29.1 Å². The Hall–Kier alpha value is -0.960. The maximum absolute atomic E-state index is 12.0. The molecule has 1 aromatic rings. The van der Waals surface area contributed by atoms with Gasteiger partial charge in [-0.2, -0.15) is 11.8 Å². The molecule has 1 saturated carbocycles. The first-order valence-electron chi connectivity index (χ1n) is 7.64. The highest BCUT2D eigenvalue weighted by atomic mass is 32.2. The van der Waals surface area contributed by atoms with E-state index in [1.807, 2.05) is 30.8 Å². The summed E-state index contributed by atoms with van der Waals surface area (Å²) in [7, 11) is 0. The second-order valence-electron chi connectivity index (χ2n) is 5.75. The molecule has 20 heavy (non-hydrogen) atoms. The number of carbonyl (C=O) groups excluding carboxylic acids is 1. The van der Waals surface area contributed by atoms with Crippen LogP contribution in [0.4, 0.5) is 5.69 Å². The minimum atomic E-state index is 0.139. The summed E-state index contributed by atoms with van der Waals surface area (Å²) in [6.45, 7) is 4.11. The summed E-state index contributed by atoms with van der Waals surface area (Å²) in [5.41, 5.74) is 3.31. The molecule has 0 aliphatic heterocycles. The molecule has 0 radical (unpaired) electrons. The molecule has 1 aliphatic carbocycles. The number of rotatable bonds is 5. The van der Waals surface area contributed by atoms with Gasteiger partial charge in [-0.25, -0.2) is 0 Å². The Bertz CT molecular complexity index is 452. The summed E-state index contributed by atoms with van der Waals surface area (Å²) in [6, 6.07) is 6.14. The molecular weight excluding hydrogens is 266 g/mol. The lowest BCUT2D eigenvalue weighted by Crippen LogP contribution is -2.15. The summed E-state index contributed by atoms with van der Waals surface area (Å²) in [6.07, 6.45) is 7.42. The Balaban J connectivity index is 1.72. The van der Waals surface area contributed by atoms with Gasteiger partial charge in [0.1, 0.15) is 0 Å². The normalized spacial score (nSPS) is 16.1. The zero-order chi connectivity index (χ0) is 14.4. The van der Waals surface area contributed by atoms with E-state index in [2.05, 4.69) is 18.3 Å². The van der Waals surface area contributed by atoms with Crippen LogP contribution in [0.25, 0.3) is 0 Å². The fourth-order valence-corrected chi connectivity index (χ4v) is 4.02. The van der Waals surface area contributed by atoms with Crippen LogP contribution < -0.4 is 5.32 Å². The van der Waals surface area contributed by atoms with E-state index in [0.29, 0.717) is 6.42 Å². The highest BCUT2D eigenvalue weighted by Gasteiger charge is 2.14. The Labute approximate surface area is 126 Å². The molecule has 1 fully saturated rings. The lowest BCUT2D eigenvalue weighted by molar-refractivity contribution is -0.115. The smallest absolute Gasteiger partial charge is 0.225 e. The molecule has 3 heteroatoms. The molecule has 0 aromatic heterocycles. The Morgan fingerprint density at radius 3 is 2.70 bits per heavy atom. The third-order valence-corrected chi connectivity index (χ3v) is 5.27. The predicted octanol–water partition coefficient (Wildman–Crippen LogP) is 4.70. The van der Waals surface area contributed by atoms with E-state index >= 15 is 0 Å². The van der Waals surface area contributed by atoms with Gasteiger partial charge in [-0.1, -0.05) is 37.0 Å². The molecule has 2 nitrogen and oxygen atoms in total. The first-order valence-corrected chi connectivity index (χ1v) is 8.69. The van der Waals surface area contributed by atoms with E-state index in [1.165, 1.54) is 37.7 Å². The van der Waals surface area contributed by atoms with Crippen molar-refractivity contribution in [3.63, 3.8) is 0 Å². The summed E-state index contributed by atoms with van der Waals surface area (Å²) in [5, 5.41) is 3.81. The van der Waals surface area contributed by atoms with Gasteiger partial charge in [-0.3, -0.25) is 4.79 Å². The van der Waals surface area contributed by atoms with Crippen LogP contribution in [0, 0.1) is 13.8 Å². The third kappa shape index (κ3) is 4.86. The maximum Gasteiger partial charge on any atom is 0.225 e. The molecule has 1 N–H and O–H groups in total. The van der Waals surface area contributed by atoms with Gasteiger partial charge < -0.3 is 5.32 Å². The van der Waals surface area contributed by atoms with Crippen molar-refractivity contribution >= 4 is 23.4 Å². The van der Waals surface area contributed by atoms with Crippen molar-refractivity contribution in [1.29, 1.82) is 0 Å². The molecule has 2 rings (SSSR count). The molecule has 0 atom stereocenters. The number of amides is 1. The number of benzene rings is 1. The standard InChI is InChI=1S/C17H25NOS/c1-13-8-9-16(14(2)12-13)18-17(19)10-11-20-15-6-4-3-5-7-15/h8-9,12,15H,3-7,10-11H2,1-2H3,(H,18,19). The average Bonchev–Trinajstić information content (AvgIpc) is 2.43. The zero-order valence-electron chi connectivity index (χ0n) is 12.6. The predicted molar refractivity (Wildman–Crippen MR) is 88.5 cm³/mol. The SMILES string of the molecule is Cc1ccc(NC(=O)CCSC2CCCCC2)c(C)c1. The lowest BCUT2D eigenvalue weighted by atomic mass is 10.0. The Morgan fingerprint density at radius 2 is 2.00 bits per heavy atom. The quantitative estimate of drug-likeness (QED) is 0.852. The second kappa shape index (κ2) is 7.72. The maximum atomic E-state index is 12.0. The van der Waals surface area contributed by atoms with E-state index in [1.54, 1.807) is 0 Å². The first kappa shape index (κ1) is 15.4. The number of hydrogen-bond donors (Lipinski definition) is 1. The van der Waals surface area contributed by atoms with Gasteiger partial charge in [0.2, 0.25) is 5.91 Å². The fraction of sp³-hybridized carbons (Fsp3) is 0.588. The molecule has 0 bridgehead atoms. The minimum absolute atomic E-state index is 0.139. The number of aryl methyl sites for hydroxylation is 2. The van der Waals surface area contributed by atoms with E-state index in [0.717, 1.165) is 22.3 Å². The van der Waals surface area contributed by atoms with Gasteiger partial charge >= 0.3 is 0 Å². The number of hydrogen-bond acceptors (Lipinski definition) is 2. The number of nitrogens with one attached hydrogen (secondary N) is 1. The summed E-state index contributed by atoms with van der Waals surface area (Å²) in [4.78, 5) is 12.0. The van der Waals surface area contributed by atoms with Crippen LogP contribution in [0.3, 0.4) is 0 Å². The minimum Gasteiger partial charge on any atom is -0.326 e. The second-order valence-corrected chi connectivity index (χ2v) is 7.16. The monoisotopic (exact) mass is 291 g/mol. The Morgan fingerprint density at radius 1 is 1.25 bits per heavy atom. The number of carbonyl (C=O) groups is 1. The third-order valence-electron chi connectivity index (χ3n) is 3.89. The van der Waals surface area contributed by atoms with Crippen LogP contribution in [-0.2, 0) is 4.79 Å². The van der Waals surface area contributed by atoms with E-state index < -0.39 is 0 Å². The van der Waals surface area contributed by atoms with E-state index in [4.69, 9.17) is 0 Å². The highest BCUT2D eigenvalue weighted by molar-refractivity contribution is 7.99. The van der Waals surface area contributed by atoms with Crippen molar-refractivity contribution in [3.05, 3.63) is 29.3 Å². The van der Waals surface area contributed by atoms with Crippen molar-refractivity contribution in [2.75, 3.05) is 11.1 Å². The van der Waals surface area contributed by atoms with Crippen molar-refractivity contribution in [2.45, 2.75) is 57.6 Å². The first-order chi connectivity index (χ1) is 9.65. The summed E-state index contributed by atoms with van der Waals surface area (Å²) >= 11 is 1.98. The van der Waals surface area contributed by atoms with Gasteiger partial charge in [0.05, 0.1) is 0 Å². The molecule has 0 spiro atoms. The molecular formula is C17H25NOS. The van der Waals surface area contributed by atoms with E-state index in [-0.39, 0.29) is 5.91 Å². The zero-order valence-corrected chi connectivity index (χ0v) is 13.4. The van der Waals surface area contributed by atoms with E-state index in [9.17, 15) is 4.79 Å². The average molecular weight is 291 g/mol. The summed E-state index contributed by atoms with van der Waals surface area (Å²) < 4.78 is 0. The van der Waals surface area contributed by atoms with Crippen LogP contribution in [0.15, 0.2) is 18.2 Å². The molecule has 0 unspecified atom stereocenters. The van der Waals surface area contributed by atoms with Crippen LogP contribution in [0.2, 0.25) is 0 Å². The van der Waals surface area contributed by atoms with Crippen LogP contribution >= 0.6 is 11.8 Å². The lowest BCUT2D eigenvalue weighted by Gasteiger charge is -2.20. The molecule has 1 aliphatic rings. The van der Waals surface area contributed by atoms with Gasteiger partial charge in [0.25, 0.3) is 0 Å². The molecule has 110 valence electrons. The van der Waals surface area contributed by atoms with Crippen molar-refractivity contribution in [3.8, 4) is 0 Å². The van der Waals surface area contributed by atoms with Gasteiger partial charge in [-0.05, 0) is 38.3 Å². The van der Waals surface area contributed by atoms with Crippen LogP contribution in [0.5, 0.6) is 0 Å².